The van der Waals surface area contributed by atoms with Crippen molar-refractivity contribution in [3.63, 3.8) is 0 Å². The molecule has 20 heavy (non-hydrogen) atoms. The van der Waals surface area contributed by atoms with Gasteiger partial charge in [0.2, 0.25) is 0 Å². The van der Waals surface area contributed by atoms with Crippen molar-refractivity contribution in [2.45, 2.75) is 45.6 Å². The van der Waals surface area contributed by atoms with Gasteiger partial charge in [-0.3, -0.25) is 13.6 Å². The van der Waals surface area contributed by atoms with Gasteiger partial charge in [-0.1, -0.05) is 26.7 Å². The maximum absolute atomic E-state index is 12.4. The molecule has 1 atom stereocenters. The van der Waals surface area contributed by atoms with Crippen LogP contribution in [0.5, 0.6) is 0 Å². The molecule has 1 aliphatic heterocycles. The summed E-state index contributed by atoms with van der Waals surface area (Å²) in [5.74, 6) is -0.217. The maximum Gasteiger partial charge on any atom is 0.475 e. The van der Waals surface area contributed by atoms with Crippen LogP contribution in [-0.2, 0) is 28.0 Å². The first-order chi connectivity index (χ1) is 9.41. The molecule has 0 spiro atoms. The van der Waals surface area contributed by atoms with Gasteiger partial charge in [0.05, 0.1) is 19.0 Å². The Morgan fingerprint density at radius 1 is 1.15 bits per heavy atom. The van der Waals surface area contributed by atoms with Crippen LogP contribution in [0.15, 0.2) is 11.5 Å². The minimum atomic E-state index is -3.70. The molecule has 1 unspecified atom stereocenters. The van der Waals surface area contributed by atoms with Crippen LogP contribution in [0.3, 0.4) is 0 Å². The second kappa shape index (κ2) is 8.29. The molecule has 0 aromatic carbocycles. The van der Waals surface area contributed by atoms with Crippen LogP contribution in [0, 0.1) is 0 Å². The molecule has 0 bridgehead atoms. The first-order valence-electron chi connectivity index (χ1n) is 6.89. The van der Waals surface area contributed by atoms with E-state index in [1.54, 1.807) is 0 Å². The molecular weight excluding hydrogens is 303 g/mol. The van der Waals surface area contributed by atoms with Gasteiger partial charge in [0.25, 0.3) is 0 Å². The van der Waals surface area contributed by atoms with Crippen molar-refractivity contribution < 1.29 is 26.6 Å². The number of unbranched alkanes of at least 4 members (excludes halogenated alkanes) is 2. The molecule has 0 amide bonds. The maximum atomic E-state index is 12.4. The van der Waals surface area contributed by atoms with Crippen LogP contribution in [0.4, 0.5) is 0 Å². The molecule has 0 saturated carbocycles. The molecule has 6 nitrogen and oxygen atoms in total. The molecule has 0 aliphatic carbocycles. The van der Waals surface area contributed by atoms with Crippen molar-refractivity contribution in [3.8, 4) is 0 Å². The molecule has 118 valence electrons. The molecule has 0 N–H and O–H groups in total. The van der Waals surface area contributed by atoms with Crippen LogP contribution in [0.2, 0.25) is 0 Å². The molecule has 8 heteroatoms. The van der Waals surface area contributed by atoms with E-state index in [1.807, 2.05) is 13.8 Å². The fourth-order valence-electron chi connectivity index (χ4n) is 1.52. The average Bonchev–Trinajstić information content (AvgIpc) is 2.69. The summed E-state index contributed by atoms with van der Waals surface area (Å²) < 4.78 is 50.8. The molecule has 0 saturated heterocycles. The lowest BCUT2D eigenvalue weighted by Gasteiger charge is -2.20. The fraction of sp³-hybridized carbons (Fsp3) is 0.833. The van der Waals surface area contributed by atoms with Gasteiger partial charge in [-0.2, -0.15) is 0 Å². The van der Waals surface area contributed by atoms with E-state index in [2.05, 4.69) is 0 Å². The molecule has 0 aromatic heterocycles. The summed E-state index contributed by atoms with van der Waals surface area (Å²) in [6.45, 7) is 4.50. The highest BCUT2D eigenvalue weighted by Crippen LogP contribution is 2.51. The van der Waals surface area contributed by atoms with Crippen molar-refractivity contribution in [1.29, 1.82) is 0 Å². The van der Waals surface area contributed by atoms with E-state index in [-0.39, 0.29) is 19.0 Å². The number of phosphoric acid groups is 1. The lowest BCUT2D eigenvalue weighted by Crippen LogP contribution is -2.16. The highest BCUT2D eigenvalue weighted by molar-refractivity contribution is 7.94. The average molecular weight is 326 g/mol. The number of sulfone groups is 1. The quantitative estimate of drug-likeness (QED) is 0.453. The molecular formula is C12H23O6PS. The van der Waals surface area contributed by atoms with Gasteiger partial charge < -0.3 is 0 Å². The number of rotatable bonds is 10. The molecule has 0 aromatic rings. The van der Waals surface area contributed by atoms with Crippen molar-refractivity contribution in [1.82, 2.24) is 0 Å². The number of hydrogen-bond acceptors (Lipinski definition) is 6. The minimum Gasteiger partial charge on any atom is -0.287 e. The highest BCUT2D eigenvalue weighted by Gasteiger charge is 2.34. The van der Waals surface area contributed by atoms with Crippen LogP contribution < -0.4 is 0 Å². The SMILES string of the molecule is CCCCOP(=O)(OCCCC)OC1C=CS(=O)(=O)C1. The van der Waals surface area contributed by atoms with Gasteiger partial charge in [0.1, 0.15) is 6.10 Å². The van der Waals surface area contributed by atoms with Crippen LogP contribution in [-0.4, -0.2) is 33.5 Å². The van der Waals surface area contributed by atoms with E-state index in [4.69, 9.17) is 13.6 Å². The van der Waals surface area contributed by atoms with Crippen molar-refractivity contribution >= 4 is 17.7 Å². The highest BCUT2D eigenvalue weighted by atomic mass is 32.2. The van der Waals surface area contributed by atoms with Crippen molar-refractivity contribution in [2.75, 3.05) is 19.0 Å². The third kappa shape index (κ3) is 6.50. The molecule has 0 fully saturated rings. The predicted molar refractivity (Wildman–Crippen MR) is 77.1 cm³/mol. The Hall–Kier alpha value is -0.200. The van der Waals surface area contributed by atoms with E-state index in [0.717, 1.165) is 31.1 Å². The van der Waals surface area contributed by atoms with Crippen LogP contribution >= 0.6 is 7.82 Å². The van der Waals surface area contributed by atoms with Gasteiger partial charge in [0, 0.05) is 5.41 Å². The van der Waals surface area contributed by atoms with E-state index >= 15 is 0 Å². The van der Waals surface area contributed by atoms with Gasteiger partial charge in [-0.15, -0.1) is 0 Å². The third-order valence-electron chi connectivity index (χ3n) is 2.66. The lowest BCUT2D eigenvalue weighted by molar-refractivity contribution is 0.0985. The molecule has 1 heterocycles. The van der Waals surface area contributed by atoms with Gasteiger partial charge in [0.15, 0.2) is 9.84 Å². The first kappa shape index (κ1) is 17.9. The normalized spacial score (nSPS) is 21.4. The Kier molecular flexibility index (Phi) is 7.40. The van der Waals surface area contributed by atoms with Gasteiger partial charge in [-0.05, 0) is 18.9 Å². The Bertz CT molecular complexity index is 445. The van der Waals surface area contributed by atoms with Gasteiger partial charge in [-0.25, -0.2) is 13.0 Å². The monoisotopic (exact) mass is 326 g/mol. The number of phosphoric ester groups is 1. The smallest absolute Gasteiger partial charge is 0.287 e. The number of hydrogen-bond donors (Lipinski definition) is 0. The minimum absolute atomic E-state index is 0.217. The van der Waals surface area contributed by atoms with Crippen LogP contribution in [0.25, 0.3) is 0 Å². The summed E-state index contributed by atoms with van der Waals surface area (Å²) in [6, 6.07) is 0. The lowest BCUT2D eigenvalue weighted by atomic mass is 10.4. The third-order valence-corrected chi connectivity index (χ3v) is 5.55. The topological polar surface area (TPSA) is 78.9 Å². The summed E-state index contributed by atoms with van der Waals surface area (Å²) in [5, 5.41) is 1.07. The summed E-state index contributed by atoms with van der Waals surface area (Å²) in [4.78, 5) is 0. The summed E-state index contributed by atoms with van der Waals surface area (Å²) in [6.07, 6.45) is 3.87. The van der Waals surface area contributed by atoms with E-state index in [0.29, 0.717) is 0 Å². The standard InChI is InChI=1S/C12H23O6PS/c1-3-5-8-16-19(13,17-9-6-4-2)18-12-7-10-20(14,15)11-12/h7,10,12H,3-6,8-9,11H2,1-2H3. The van der Waals surface area contributed by atoms with Crippen molar-refractivity contribution in [3.05, 3.63) is 11.5 Å². The van der Waals surface area contributed by atoms with Crippen molar-refractivity contribution in [2.24, 2.45) is 0 Å². The predicted octanol–water partition coefficient (Wildman–Crippen LogP) is 3.06. The first-order valence-corrected chi connectivity index (χ1v) is 10.1. The van der Waals surface area contributed by atoms with E-state index in [9.17, 15) is 13.0 Å². The Morgan fingerprint density at radius 2 is 1.70 bits per heavy atom. The zero-order valence-electron chi connectivity index (χ0n) is 12.0. The van der Waals surface area contributed by atoms with E-state index < -0.39 is 23.8 Å². The van der Waals surface area contributed by atoms with Crippen LogP contribution in [0.1, 0.15) is 39.5 Å². The van der Waals surface area contributed by atoms with Gasteiger partial charge >= 0.3 is 7.82 Å². The molecule has 0 radical (unpaired) electrons. The second-order valence-corrected chi connectivity index (χ2v) is 8.18. The largest absolute Gasteiger partial charge is 0.475 e. The summed E-state index contributed by atoms with van der Waals surface area (Å²) in [7, 11) is -6.96. The van der Waals surface area contributed by atoms with E-state index in [1.165, 1.54) is 6.08 Å². The second-order valence-electron chi connectivity index (χ2n) is 4.62. The Labute approximate surface area is 121 Å². The summed E-state index contributed by atoms with van der Waals surface area (Å²) in [5.41, 5.74) is 0. The molecule has 1 aliphatic rings. The zero-order valence-corrected chi connectivity index (χ0v) is 13.7. The fourth-order valence-corrected chi connectivity index (χ4v) is 4.16. The zero-order chi connectivity index (χ0) is 15.1. The molecule has 1 rings (SSSR count). The summed E-state index contributed by atoms with van der Waals surface area (Å²) >= 11 is 0. The Balaban J connectivity index is 2.57. The Morgan fingerprint density at radius 3 is 2.10 bits per heavy atom.